The zero-order chi connectivity index (χ0) is 20.8. The van der Waals surface area contributed by atoms with Crippen LogP contribution in [0.15, 0.2) is 60.2 Å². The van der Waals surface area contributed by atoms with Gasteiger partial charge >= 0.3 is 0 Å². The Morgan fingerprint density at radius 2 is 1.80 bits per heavy atom. The van der Waals surface area contributed by atoms with E-state index in [1.807, 2.05) is 11.0 Å². The lowest BCUT2D eigenvalue weighted by Crippen LogP contribution is -2.87. The molecule has 3 aromatic rings. The second kappa shape index (κ2) is 9.82. The molecule has 1 saturated heterocycles. The van der Waals surface area contributed by atoms with E-state index in [1.54, 1.807) is 23.7 Å². The highest BCUT2D eigenvalue weighted by molar-refractivity contribution is 7.10. The first-order chi connectivity index (χ1) is 14.7. The Morgan fingerprint density at radius 1 is 1.07 bits per heavy atom. The molecule has 1 fully saturated rings. The molecule has 1 amide bonds. The Balaban J connectivity index is 1.36. The van der Waals surface area contributed by atoms with Crippen LogP contribution in [0.4, 0.5) is 5.95 Å². The van der Waals surface area contributed by atoms with Crippen LogP contribution < -0.4 is 10.2 Å². The van der Waals surface area contributed by atoms with E-state index in [0.29, 0.717) is 19.6 Å². The van der Waals surface area contributed by atoms with Crippen molar-refractivity contribution < 1.29 is 10.1 Å². The molecule has 0 radical (unpaired) electrons. The molecule has 2 N–H and O–H groups in total. The van der Waals surface area contributed by atoms with E-state index in [2.05, 4.69) is 68.9 Å². The molecule has 1 aliphatic rings. The van der Waals surface area contributed by atoms with Crippen molar-refractivity contribution in [3.8, 4) is 0 Å². The molecule has 7 heteroatoms. The summed E-state index contributed by atoms with van der Waals surface area (Å²) >= 11 is 1.74. The van der Waals surface area contributed by atoms with Crippen molar-refractivity contribution in [2.24, 2.45) is 0 Å². The molecule has 156 valence electrons. The van der Waals surface area contributed by atoms with E-state index in [4.69, 9.17) is 0 Å². The van der Waals surface area contributed by atoms with E-state index in [9.17, 15) is 4.79 Å². The number of hydrogen-bond donors (Lipinski definition) is 1. The molecule has 6 nitrogen and oxygen atoms in total. The predicted octanol–water partition coefficient (Wildman–Crippen LogP) is 2.10. The average Bonchev–Trinajstić information content (AvgIpc) is 3.35. The number of piperazine rings is 1. The summed E-state index contributed by atoms with van der Waals surface area (Å²) in [6.45, 7) is 5.56. The van der Waals surface area contributed by atoms with Crippen molar-refractivity contribution in [3.63, 3.8) is 0 Å². The van der Waals surface area contributed by atoms with Crippen molar-refractivity contribution in [3.05, 3.63) is 76.2 Å². The molecule has 4 rings (SSSR count). The summed E-state index contributed by atoms with van der Waals surface area (Å²) in [6, 6.07) is 15.0. The third-order valence-corrected chi connectivity index (χ3v) is 6.55. The van der Waals surface area contributed by atoms with Gasteiger partial charge < -0.3 is 15.1 Å². The van der Waals surface area contributed by atoms with Crippen molar-refractivity contribution in [2.75, 3.05) is 37.6 Å². The molecule has 2 aromatic heterocycles. The van der Waals surface area contributed by atoms with Gasteiger partial charge in [0.1, 0.15) is 6.04 Å². The Morgan fingerprint density at radius 3 is 2.43 bits per heavy atom. The lowest BCUT2D eigenvalue weighted by atomic mass is 10.0. The Labute approximate surface area is 181 Å². The van der Waals surface area contributed by atoms with E-state index in [0.717, 1.165) is 25.5 Å². The first kappa shape index (κ1) is 20.5. The highest BCUT2D eigenvalue weighted by atomic mass is 32.1. The van der Waals surface area contributed by atoms with Crippen LogP contribution in [0, 0.1) is 0 Å². The smallest absolute Gasteiger partial charge is 0.277 e. The summed E-state index contributed by atoms with van der Waals surface area (Å²) < 4.78 is 0. The Hall–Kier alpha value is -2.77. The van der Waals surface area contributed by atoms with Gasteiger partial charge in [0.05, 0.1) is 4.88 Å². The van der Waals surface area contributed by atoms with Crippen molar-refractivity contribution in [1.29, 1.82) is 0 Å². The summed E-state index contributed by atoms with van der Waals surface area (Å²) in [7, 11) is 0. The van der Waals surface area contributed by atoms with Crippen LogP contribution in [0.5, 0.6) is 0 Å². The van der Waals surface area contributed by atoms with Crippen LogP contribution in [0.3, 0.4) is 0 Å². The molecule has 1 aromatic carbocycles. The fourth-order valence-electron chi connectivity index (χ4n) is 3.80. The van der Waals surface area contributed by atoms with Gasteiger partial charge in [0, 0.05) is 44.1 Å². The van der Waals surface area contributed by atoms with E-state index in [1.165, 1.54) is 16.0 Å². The number of carbonyl (C=O) groups excluding carboxylic acids is 1. The Bertz CT molecular complexity index is 922. The first-order valence-electron chi connectivity index (χ1n) is 10.5. The summed E-state index contributed by atoms with van der Waals surface area (Å²) in [5.74, 6) is 0.930. The van der Waals surface area contributed by atoms with Gasteiger partial charge in [-0.05, 0) is 29.5 Å². The number of amides is 1. The lowest BCUT2D eigenvalue weighted by Gasteiger charge is -2.34. The van der Waals surface area contributed by atoms with Gasteiger partial charge in [-0.1, -0.05) is 37.3 Å². The molecule has 0 bridgehead atoms. The van der Waals surface area contributed by atoms with E-state index in [-0.39, 0.29) is 11.9 Å². The molecule has 30 heavy (non-hydrogen) atoms. The molecule has 3 heterocycles. The predicted molar refractivity (Wildman–Crippen MR) is 120 cm³/mol. The molecule has 0 aliphatic carbocycles. The Kier molecular flexibility index (Phi) is 6.71. The number of thiophene rings is 1. The fraction of sp³-hybridized carbons (Fsp3) is 0.348. The molecular weight excluding hydrogens is 394 g/mol. The minimum atomic E-state index is 0.152. The van der Waals surface area contributed by atoms with Crippen LogP contribution in [0.2, 0.25) is 0 Å². The van der Waals surface area contributed by atoms with Crippen LogP contribution in [0.25, 0.3) is 0 Å². The van der Waals surface area contributed by atoms with Gasteiger partial charge in [-0.2, -0.15) is 0 Å². The maximum absolute atomic E-state index is 12.9. The molecule has 1 aliphatic heterocycles. The number of hydrogen-bond acceptors (Lipinski definition) is 5. The summed E-state index contributed by atoms with van der Waals surface area (Å²) in [5.41, 5.74) is 2.58. The first-order valence-corrected chi connectivity index (χ1v) is 11.4. The topological polar surface area (TPSA) is 65.9 Å². The SMILES string of the molecule is CCc1ccc([C@H]([NH2+]CC(=O)N2CCN(c3ncccn3)CC2)c2cccs2)cc1. The zero-order valence-electron chi connectivity index (χ0n) is 17.3. The standard InChI is InChI=1S/C23H27N5OS/c1-2-18-6-8-19(9-7-18)22(20-5-3-16-30-20)26-17-21(29)27-12-14-28(15-13-27)23-24-10-4-11-25-23/h3-11,16,22,26H,2,12-15,17H2,1H3/p+1/t22-/m0/s1. The fourth-order valence-corrected chi connectivity index (χ4v) is 4.65. The van der Waals surface area contributed by atoms with Crippen molar-refractivity contribution >= 4 is 23.2 Å². The van der Waals surface area contributed by atoms with Crippen LogP contribution in [0.1, 0.15) is 29.0 Å². The van der Waals surface area contributed by atoms with Gasteiger partial charge in [0.15, 0.2) is 6.54 Å². The number of nitrogens with two attached hydrogens (primary N) is 1. The second-order valence-electron chi connectivity index (χ2n) is 7.44. The van der Waals surface area contributed by atoms with E-state index < -0.39 is 0 Å². The normalized spacial score (nSPS) is 15.2. The number of quaternary nitrogens is 1. The lowest BCUT2D eigenvalue weighted by molar-refractivity contribution is -0.676. The highest BCUT2D eigenvalue weighted by Crippen LogP contribution is 2.23. The molecule has 0 spiro atoms. The number of nitrogens with zero attached hydrogens (tertiary/aromatic N) is 4. The summed E-state index contributed by atoms with van der Waals surface area (Å²) in [6.07, 6.45) is 4.55. The number of aromatic nitrogens is 2. The van der Waals surface area contributed by atoms with Gasteiger partial charge in [-0.25, -0.2) is 9.97 Å². The molecular formula is C23H28N5OS+. The van der Waals surface area contributed by atoms with Gasteiger partial charge in [-0.15, -0.1) is 11.3 Å². The van der Waals surface area contributed by atoms with Gasteiger partial charge in [0.2, 0.25) is 5.95 Å². The van der Waals surface area contributed by atoms with Crippen molar-refractivity contribution in [1.82, 2.24) is 14.9 Å². The number of rotatable bonds is 7. The van der Waals surface area contributed by atoms with E-state index >= 15 is 0 Å². The van der Waals surface area contributed by atoms with Crippen molar-refractivity contribution in [2.45, 2.75) is 19.4 Å². The minimum absolute atomic E-state index is 0.152. The quantitative estimate of drug-likeness (QED) is 0.633. The van der Waals surface area contributed by atoms with Crippen LogP contribution in [-0.2, 0) is 11.2 Å². The number of carbonyl (C=O) groups is 1. The van der Waals surface area contributed by atoms with Gasteiger partial charge in [0.25, 0.3) is 5.91 Å². The third kappa shape index (κ3) is 4.86. The minimum Gasteiger partial charge on any atom is -0.337 e. The van der Waals surface area contributed by atoms with Crippen LogP contribution in [-0.4, -0.2) is 53.5 Å². The average molecular weight is 423 g/mol. The number of benzene rings is 1. The number of aryl methyl sites for hydroxylation is 1. The largest absolute Gasteiger partial charge is 0.337 e. The number of anilines is 1. The maximum Gasteiger partial charge on any atom is 0.277 e. The molecule has 0 unspecified atom stereocenters. The zero-order valence-corrected chi connectivity index (χ0v) is 18.1. The summed E-state index contributed by atoms with van der Waals surface area (Å²) in [5, 5.41) is 4.27. The monoisotopic (exact) mass is 422 g/mol. The third-order valence-electron chi connectivity index (χ3n) is 5.59. The highest BCUT2D eigenvalue weighted by Gasteiger charge is 2.25. The maximum atomic E-state index is 12.9. The van der Waals surface area contributed by atoms with Gasteiger partial charge in [-0.3, -0.25) is 4.79 Å². The van der Waals surface area contributed by atoms with Crippen LogP contribution >= 0.6 is 11.3 Å². The molecule has 1 atom stereocenters. The summed E-state index contributed by atoms with van der Waals surface area (Å²) in [4.78, 5) is 26.9. The second-order valence-corrected chi connectivity index (χ2v) is 8.42. The molecule has 0 saturated carbocycles.